The molecule has 0 saturated carbocycles. The first-order valence-electron chi connectivity index (χ1n) is 5.30. The molecule has 0 radical (unpaired) electrons. The maximum Gasteiger partial charge on any atom is 0.394 e. The van der Waals surface area contributed by atoms with Gasteiger partial charge in [-0.15, -0.1) is 0 Å². The summed E-state index contributed by atoms with van der Waals surface area (Å²) in [6.07, 6.45) is 0. The molecule has 0 saturated heterocycles. The van der Waals surface area contributed by atoms with Gasteiger partial charge < -0.3 is 21.1 Å². The topological polar surface area (TPSA) is 161 Å². The van der Waals surface area contributed by atoms with Crippen molar-refractivity contribution in [3.63, 3.8) is 0 Å². The maximum absolute atomic E-state index is 8.74. The van der Waals surface area contributed by atoms with Crippen LogP contribution in [0.25, 0.3) is 0 Å². The number of hydrogen-bond acceptors (Lipinski definition) is 6. The third kappa shape index (κ3) is 13.7. The molecule has 0 aliphatic carbocycles. The van der Waals surface area contributed by atoms with Gasteiger partial charge in [-0.1, -0.05) is 6.07 Å². The van der Waals surface area contributed by atoms with Crippen LogP contribution in [0.1, 0.15) is 0 Å². The Morgan fingerprint density at radius 3 is 1.38 bits per heavy atom. The molecule has 0 amide bonds. The highest BCUT2D eigenvalue weighted by atomic mass is 32.3. The number of nitrogens with two attached hydrogens (primary N) is 1. The van der Waals surface area contributed by atoms with Gasteiger partial charge in [0, 0.05) is 11.8 Å². The van der Waals surface area contributed by atoms with Crippen molar-refractivity contribution < 1.29 is 32.8 Å². The average Bonchev–Trinajstić information content (AvgIpc) is 2.31. The SMILES string of the molecule is Nc1ccc(O)cc1.O=S(=O)(O)O.Oc1cccc(O)c1. The number of anilines is 1. The molecule has 2 aromatic carbocycles. The number of aromatic hydroxyl groups is 3. The van der Waals surface area contributed by atoms with Crippen LogP contribution in [0.5, 0.6) is 17.2 Å². The number of hydrogen-bond donors (Lipinski definition) is 6. The molecule has 0 fully saturated rings. The van der Waals surface area contributed by atoms with Gasteiger partial charge in [-0.05, 0) is 36.4 Å². The lowest BCUT2D eigenvalue weighted by Crippen LogP contribution is -1.89. The van der Waals surface area contributed by atoms with E-state index in [9.17, 15) is 0 Å². The molecule has 7 N–H and O–H groups in total. The molecular formula is C12H15NO7S. The Balaban J connectivity index is 0.000000296. The summed E-state index contributed by atoms with van der Waals surface area (Å²) in [6.45, 7) is 0. The van der Waals surface area contributed by atoms with E-state index in [1.807, 2.05) is 0 Å². The van der Waals surface area contributed by atoms with E-state index >= 15 is 0 Å². The number of phenolic OH excluding ortho intramolecular Hbond substituents is 3. The molecular weight excluding hydrogens is 302 g/mol. The molecule has 0 atom stereocenters. The summed E-state index contributed by atoms with van der Waals surface area (Å²) in [5.41, 5.74) is 5.98. The van der Waals surface area contributed by atoms with Crippen LogP contribution in [0.2, 0.25) is 0 Å². The smallest absolute Gasteiger partial charge is 0.394 e. The number of phenols is 3. The lowest BCUT2D eigenvalue weighted by Gasteiger charge is -1.89. The van der Waals surface area contributed by atoms with E-state index < -0.39 is 10.4 Å². The second kappa shape index (κ2) is 8.64. The van der Waals surface area contributed by atoms with E-state index in [1.165, 1.54) is 18.2 Å². The Morgan fingerprint density at radius 2 is 1.14 bits per heavy atom. The van der Waals surface area contributed by atoms with Crippen LogP contribution in [-0.2, 0) is 10.4 Å². The van der Waals surface area contributed by atoms with Gasteiger partial charge in [-0.25, -0.2) is 0 Å². The molecule has 0 aliphatic heterocycles. The third-order valence-corrected chi connectivity index (χ3v) is 1.72. The maximum atomic E-state index is 8.74. The van der Waals surface area contributed by atoms with Crippen LogP contribution in [0.3, 0.4) is 0 Å². The summed E-state index contributed by atoms with van der Waals surface area (Å²) < 4.78 is 31.6. The van der Waals surface area contributed by atoms with Gasteiger partial charge in [-0.2, -0.15) is 8.42 Å². The highest BCUT2D eigenvalue weighted by Crippen LogP contribution is 2.14. The van der Waals surface area contributed by atoms with Gasteiger partial charge in [0.05, 0.1) is 0 Å². The molecule has 21 heavy (non-hydrogen) atoms. The fourth-order valence-electron chi connectivity index (χ4n) is 0.967. The van der Waals surface area contributed by atoms with Crippen molar-refractivity contribution >= 4 is 16.1 Å². The second-order valence-electron chi connectivity index (χ2n) is 3.56. The van der Waals surface area contributed by atoms with Crippen molar-refractivity contribution in [3.05, 3.63) is 48.5 Å². The van der Waals surface area contributed by atoms with Crippen LogP contribution < -0.4 is 5.73 Å². The van der Waals surface area contributed by atoms with Gasteiger partial charge in [0.1, 0.15) is 17.2 Å². The third-order valence-electron chi connectivity index (χ3n) is 1.72. The van der Waals surface area contributed by atoms with Gasteiger partial charge in [0.2, 0.25) is 0 Å². The first kappa shape index (κ1) is 18.5. The normalized spacial score (nSPS) is 9.62. The van der Waals surface area contributed by atoms with Crippen LogP contribution in [0, 0.1) is 0 Å². The van der Waals surface area contributed by atoms with E-state index in [1.54, 1.807) is 30.3 Å². The van der Waals surface area contributed by atoms with E-state index in [-0.39, 0.29) is 17.2 Å². The van der Waals surface area contributed by atoms with Crippen molar-refractivity contribution in [1.82, 2.24) is 0 Å². The zero-order valence-corrected chi connectivity index (χ0v) is 11.5. The van der Waals surface area contributed by atoms with E-state index in [0.717, 1.165) is 0 Å². The Hall–Kier alpha value is -2.49. The predicted molar refractivity (Wildman–Crippen MR) is 76.5 cm³/mol. The van der Waals surface area contributed by atoms with E-state index in [0.29, 0.717) is 5.69 Å². The van der Waals surface area contributed by atoms with Crippen LogP contribution in [0.4, 0.5) is 5.69 Å². The minimum Gasteiger partial charge on any atom is -0.508 e. The summed E-state index contributed by atoms with van der Waals surface area (Å²) in [5, 5.41) is 26.0. The fourth-order valence-corrected chi connectivity index (χ4v) is 0.967. The second-order valence-corrected chi connectivity index (χ2v) is 4.45. The lowest BCUT2D eigenvalue weighted by molar-refractivity contribution is 0.381. The van der Waals surface area contributed by atoms with Crippen molar-refractivity contribution in [2.24, 2.45) is 0 Å². The predicted octanol–water partition coefficient (Wildman–Crippen LogP) is 1.42. The minimum atomic E-state index is -4.67. The molecule has 0 unspecified atom stereocenters. The monoisotopic (exact) mass is 317 g/mol. The molecule has 0 aromatic heterocycles. The van der Waals surface area contributed by atoms with E-state index in [4.69, 9.17) is 38.6 Å². The molecule has 9 heteroatoms. The zero-order chi connectivity index (χ0) is 16.5. The van der Waals surface area contributed by atoms with Crippen LogP contribution in [-0.4, -0.2) is 32.8 Å². The Labute approximate surface area is 121 Å². The summed E-state index contributed by atoms with van der Waals surface area (Å²) in [6, 6.07) is 12.2. The average molecular weight is 317 g/mol. The van der Waals surface area contributed by atoms with Crippen molar-refractivity contribution in [2.45, 2.75) is 0 Å². The first-order valence-corrected chi connectivity index (χ1v) is 6.70. The van der Waals surface area contributed by atoms with Crippen LogP contribution >= 0.6 is 0 Å². The standard InChI is InChI=1S/C6H7NO.C6H6O2.H2O4S/c7-5-1-3-6(8)4-2-5;7-5-2-1-3-6(8)4-5;1-5(2,3)4/h1-4,8H,7H2;1-4,7-8H;(H2,1,2,3,4). The number of benzene rings is 2. The molecule has 116 valence electrons. The van der Waals surface area contributed by atoms with Gasteiger partial charge >= 0.3 is 10.4 Å². The molecule has 0 bridgehead atoms. The minimum absolute atomic E-state index is 0.0880. The number of nitrogen functional groups attached to an aromatic ring is 1. The quantitative estimate of drug-likeness (QED) is 0.241. The zero-order valence-electron chi connectivity index (χ0n) is 10.7. The summed E-state index contributed by atoms with van der Waals surface area (Å²) in [7, 11) is -4.67. The highest BCUT2D eigenvalue weighted by Gasteiger charge is 1.86. The van der Waals surface area contributed by atoms with Crippen molar-refractivity contribution in [1.29, 1.82) is 0 Å². The van der Waals surface area contributed by atoms with Gasteiger partial charge in [0.15, 0.2) is 0 Å². The van der Waals surface area contributed by atoms with Crippen molar-refractivity contribution in [3.8, 4) is 17.2 Å². The largest absolute Gasteiger partial charge is 0.508 e. The molecule has 8 nitrogen and oxygen atoms in total. The fraction of sp³-hybridized carbons (Fsp3) is 0. The Bertz CT molecular complexity index is 595. The van der Waals surface area contributed by atoms with Crippen LogP contribution in [0.15, 0.2) is 48.5 Å². The molecule has 0 heterocycles. The Morgan fingerprint density at radius 1 is 0.762 bits per heavy atom. The molecule has 2 rings (SSSR count). The molecule has 0 spiro atoms. The number of rotatable bonds is 0. The highest BCUT2D eigenvalue weighted by molar-refractivity contribution is 7.79. The lowest BCUT2D eigenvalue weighted by atomic mass is 10.3. The summed E-state index contributed by atoms with van der Waals surface area (Å²) >= 11 is 0. The van der Waals surface area contributed by atoms with Gasteiger partial charge in [-0.3, -0.25) is 9.11 Å². The summed E-state index contributed by atoms with van der Waals surface area (Å²) in [5.74, 6) is 0.425. The Kier molecular flexibility index (Phi) is 7.61. The molecule has 0 aliphatic rings. The van der Waals surface area contributed by atoms with Crippen molar-refractivity contribution in [2.75, 3.05) is 5.73 Å². The first-order chi connectivity index (χ1) is 9.58. The summed E-state index contributed by atoms with van der Waals surface area (Å²) in [4.78, 5) is 0. The van der Waals surface area contributed by atoms with Gasteiger partial charge in [0.25, 0.3) is 0 Å². The molecule has 2 aromatic rings. The van der Waals surface area contributed by atoms with E-state index in [2.05, 4.69) is 0 Å².